The maximum atomic E-state index is 13.1. The van der Waals surface area contributed by atoms with Crippen LogP contribution in [0.3, 0.4) is 0 Å². The second-order valence-corrected chi connectivity index (χ2v) is 8.48. The molecule has 1 aromatic heterocycles. The number of hydrogen-bond donors (Lipinski definition) is 2. The number of nitrogens with one attached hydrogen (secondary N) is 1. The van der Waals surface area contributed by atoms with E-state index in [2.05, 4.69) is 5.32 Å². The summed E-state index contributed by atoms with van der Waals surface area (Å²) in [5, 5.41) is 12.0. The van der Waals surface area contributed by atoms with Crippen molar-refractivity contribution in [2.45, 2.75) is 26.4 Å². The van der Waals surface area contributed by atoms with Crippen LogP contribution in [0.5, 0.6) is 5.75 Å². The fraction of sp³-hybridized carbons (Fsp3) is 0.250. The topological polar surface area (TPSA) is 123 Å². The second kappa shape index (κ2) is 8.22. The molecule has 0 fully saturated rings. The Morgan fingerprint density at radius 2 is 1.76 bits per heavy atom. The van der Waals surface area contributed by atoms with Gasteiger partial charge in [-0.15, -0.1) is 0 Å². The predicted molar refractivity (Wildman–Crippen MR) is 125 cm³/mol. The van der Waals surface area contributed by atoms with Gasteiger partial charge < -0.3 is 15.2 Å². The molecule has 0 unspecified atom stereocenters. The first-order valence-corrected chi connectivity index (χ1v) is 10.5. The highest BCUT2D eigenvalue weighted by Gasteiger charge is 2.42. The highest BCUT2D eigenvalue weighted by atomic mass is 16.5. The highest BCUT2D eigenvalue weighted by Crippen LogP contribution is 2.38. The van der Waals surface area contributed by atoms with Gasteiger partial charge in [-0.2, -0.15) is 0 Å². The van der Waals surface area contributed by atoms with Crippen LogP contribution in [0.15, 0.2) is 53.3 Å². The minimum absolute atomic E-state index is 0.0510. The fourth-order valence-electron chi connectivity index (χ4n) is 3.89. The number of aromatic carboxylic acids is 1. The van der Waals surface area contributed by atoms with Crippen LogP contribution in [0.4, 0.5) is 11.4 Å². The third-order valence-electron chi connectivity index (χ3n) is 5.74. The van der Waals surface area contributed by atoms with E-state index in [1.165, 1.54) is 27.8 Å². The van der Waals surface area contributed by atoms with Gasteiger partial charge in [0.05, 0.1) is 22.6 Å². The van der Waals surface area contributed by atoms with E-state index in [0.717, 1.165) is 0 Å². The summed E-state index contributed by atoms with van der Waals surface area (Å²) in [6, 6.07) is 13.1. The molecule has 2 heterocycles. The van der Waals surface area contributed by atoms with Crippen molar-refractivity contribution in [1.82, 2.24) is 9.36 Å². The summed E-state index contributed by atoms with van der Waals surface area (Å²) in [6.07, 6.45) is 0. The second-order valence-electron chi connectivity index (χ2n) is 8.48. The van der Waals surface area contributed by atoms with Crippen molar-refractivity contribution in [2.75, 3.05) is 16.8 Å². The van der Waals surface area contributed by atoms with E-state index >= 15 is 0 Å². The lowest BCUT2D eigenvalue weighted by Gasteiger charge is -2.38. The molecule has 0 radical (unpaired) electrons. The summed E-state index contributed by atoms with van der Waals surface area (Å²) in [6.45, 7) is 4.40. The van der Waals surface area contributed by atoms with Crippen LogP contribution in [0, 0.1) is 6.92 Å². The molecule has 34 heavy (non-hydrogen) atoms. The number of benzene rings is 2. The van der Waals surface area contributed by atoms with Crippen molar-refractivity contribution in [2.24, 2.45) is 7.05 Å². The van der Waals surface area contributed by atoms with E-state index in [0.29, 0.717) is 11.4 Å². The van der Waals surface area contributed by atoms with Gasteiger partial charge in [-0.25, -0.2) is 9.48 Å². The van der Waals surface area contributed by atoms with Gasteiger partial charge in [0.25, 0.3) is 11.5 Å². The molecule has 0 saturated carbocycles. The molecule has 0 bridgehead atoms. The van der Waals surface area contributed by atoms with Crippen LogP contribution in [-0.2, 0) is 16.6 Å². The zero-order chi connectivity index (χ0) is 24.8. The number of carboxylic acid groups (broad SMARTS) is 1. The number of hydrogen-bond acceptors (Lipinski definition) is 5. The molecule has 0 aliphatic carbocycles. The summed E-state index contributed by atoms with van der Waals surface area (Å²) in [4.78, 5) is 51.8. The van der Waals surface area contributed by atoms with E-state index in [-0.39, 0.29) is 22.7 Å². The van der Waals surface area contributed by atoms with E-state index in [1.807, 2.05) is 6.07 Å². The third kappa shape index (κ3) is 3.83. The molecule has 0 saturated heterocycles. The molecule has 4 rings (SSSR count). The van der Waals surface area contributed by atoms with Gasteiger partial charge in [-0.05, 0) is 51.1 Å². The monoisotopic (exact) mass is 464 g/mol. The van der Waals surface area contributed by atoms with Gasteiger partial charge in [-0.1, -0.05) is 18.2 Å². The summed E-state index contributed by atoms with van der Waals surface area (Å²) in [5.74, 6) is -2.01. The van der Waals surface area contributed by atoms with E-state index in [9.17, 15) is 24.3 Å². The molecule has 2 amide bonds. The van der Waals surface area contributed by atoms with Gasteiger partial charge in [0.1, 0.15) is 18.0 Å². The Balaban J connectivity index is 1.67. The van der Waals surface area contributed by atoms with Gasteiger partial charge in [0.15, 0.2) is 5.60 Å². The van der Waals surface area contributed by atoms with Gasteiger partial charge in [0, 0.05) is 7.05 Å². The maximum absolute atomic E-state index is 13.1. The lowest BCUT2D eigenvalue weighted by Crippen LogP contribution is -2.54. The minimum atomic E-state index is -1.26. The lowest BCUT2D eigenvalue weighted by molar-refractivity contribution is -0.133. The third-order valence-corrected chi connectivity index (χ3v) is 5.74. The van der Waals surface area contributed by atoms with Crippen molar-refractivity contribution < 1.29 is 24.2 Å². The first kappa shape index (κ1) is 22.8. The normalized spacial score (nSPS) is 14.4. The number of fused-ring (bicyclic) bond motifs is 1. The molecule has 2 N–H and O–H groups in total. The van der Waals surface area contributed by atoms with Crippen LogP contribution in [0.2, 0.25) is 0 Å². The molecule has 1 aliphatic heterocycles. The molecule has 1 aliphatic rings. The van der Waals surface area contributed by atoms with E-state index in [1.54, 1.807) is 56.8 Å². The number of anilines is 2. The zero-order valence-corrected chi connectivity index (χ0v) is 19.2. The Kier molecular flexibility index (Phi) is 5.52. The average Bonchev–Trinajstić information content (AvgIpc) is 3.00. The Labute approximate surface area is 195 Å². The van der Waals surface area contributed by atoms with Crippen molar-refractivity contribution in [3.8, 4) is 11.4 Å². The number of amides is 2. The number of carboxylic acids is 1. The van der Waals surface area contributed by atoms with Crippen LogP contribution < -0.4 is 20.5 Å². The van der Waals surface area contributed by atoms with Crippen LogP contribution >= 0.6 is 0 Å². The molecule has 10 heteroatoms. The standard InChI is InChI=1S/C24H24N4O6/c1-14-20(21(30)28(26(14)4)16-8-6-5-7-9-16)25-19(29)13-27-17-12-15(22(31)32)10-11-18(17)34-24(2,3)23(27)33/h5-12H,13H2,1-4H3,(H,25,29)(H,31,32). The quantitative estimate of drug-likeness (QED) is 0.598. The van der Waals surface area contributed by atoms with Crippen molar-refractivity contribution >= 4 is 29.2 Å². The first-order valence-electron chi connectivity index (χ1n) is 10.5. The van der Waals surface area contributed by atoms with Gasteiger partial charge in [0.2, 0.25) is 5.91 Å². The SMILES string of the molecule is Cc1c(NC(=O)CN2C(=O)C(C)(C)Oc3ccc(C(=O)O)cc32)c(=O)n(-c2ccccc2)n1C. The molecule has 0 spiro atoms. The van der Waals surface area contributed by atoms with Crippen molar-refractivity contribution in [1.29, 1.82) is 0 Å². The lowest BCUT2D eigenvalue weighted by atomic mass is 10.0. The Morgan fingerprint density at radius 3 is 2.41 bits per heavy atom. The summed E-state index contributed by atoms with van der Waals surface area (Å²) in [5.41, 5.74) is -0.294. The minimum Gasteiger partial charge on any atom is -0.478 e. The fourth-order valence-corrected chi connectivity index (χ4v) is 3.89. The smallest absolute Gasteiger partial charge is 0.335 e. The number of ether oxygens (including phenoxy) is 1. The number of carbonyl (C=O) groups is 3. The molecular weight excluding hydrogens is 440 g/mol. The van der Waals surface area contributed by atoms with Crippen LogP contribution in [-0.4, -0.2) is 44.4 Å². The largest absolute Gasteiger partial charge is 0.478 e. The van der Waals surface area contributed by atoms with Crippen molar-refractivity contribution in [3.05, 3.63) is 70.1 Å². The Bertz CT molecular complexity index is 1370. The molecule has 176 valence electrons. The summed E-state index contributed by atoms with van der Waals surface area (Å²) < 4.78 is 8.79. The van der Waals surface area contributed by atoms with E-state index < -0.39 is 35.5 Å². The maximum Gasteiger partial charge on any atom is 0.335 e. The van der Waals surface area contributed by atoms with E-state index in [4.69, 9.17) is 4.74 Å². The Morgan fingerprint density at radius 1 is 1.09 bits per heavy atom. The molecule has 3 aromatic rings. The number of rotatable bonds is 5. The van der Waals surface area contributed by atoms with Crippen LogP contribution in [0.25, 0.3) is 5.69 Å². The zero-order valence-electron chi connectivity index (χ0n) is 19.2. The molecular formula is C24H24N4O6. The van der Waals surface area contributed by atoms with Crippen LogP contribution in [0.1, 0.15) is 29.9 Å². The molecule has 10 nitrogen and oxygen atoms in total. The number of aromatic nitrogens is 2. The Hall–Kier alpha value is -4.34. The summed E-state index contributed by atoms with van der Waals surface area (Å²) in [7, 11) is 1.71. The number of carbonyl (C=O) groups excluding carboxylic acids is 2. The number of para-hydroxylation sites is 1. The highest BCUT2D eigenvalue weighted by molar-refractivity contribution is 6.08. The summed E-state index contributed by atoms with van der Waals surface area (Å²) >= 11 is 0. The predicted octanol–water partition coefficient (Wildman–Crippen LogP) is 2.33. The first-order chi connectivity index (χ1) is 16.0. The van der Waals surface area contributed by atoms with Gasteiger partial charge >= 0.3 is 5.97 Å². The molecule has 0 atom stereocenters. The van der Waals surface area contributed by atoms with Crippen molar-refractivity contribution in [3.63, 3.8) is 0 Å². The molecule has 2 aromatic carbocycles. The van der Waals surface area contributed by atoms with Gasteiger partial charge in [-0.3, -0.25) is 24.0 Å². The number of nitrogens with zero attached hydrogens (tertiary/aromatic N) is 3. The average molecular weight is 464 g/mol.